The molecule has 0 aliphatic carbocycles. The van der Waals surface area contributed by atoms with Gasteiger partial charge in [0.2, 0.25) is 0 Å². The summed E-state index contributed by atoms with van der Waals surface area (Å²) in [6.07, 6.45) is 6.18. The Morgan fingerprint density at radius 1 is 1.16 bits per heavy atom. The van der Waals surface area contributed by atoms with E-state index in [0.29, 0.717) is 24.8 Å². The van der Waals surface area contributed by atoms with Crippen LogP contribution < -0.4 is 4.72 Å². The zero-order chi connectivity index (χ0) is 18.7. The zero-order valence-electron chi connectivity index (χ0n) is 14.4. The molecule has 0 atom stereocenters. The van der Waals surface area contributed by atoms with Gasteiger partial charge < -0.3 is 0 Å². The summed E-state index contributed by atoms with van der Waals surface area (Å²) in [5.41, 5.74) is 0.891. The minimum absolute atomic E-state index is 0.0286. The molecule has 1 N–H and O–H groups in total. The van der Waals surface area contributed by atoms with Crippen LogP contribution >= 0.6 is 0 Å². The van der Waals surface area contributed by atoms with Crippen molar-refractivity contribution >= 4 is 21.5 Å². The minimum atomic E-state index is -3.70. The average molecular weight is 366 g/mol. The van der Waals surface area contributed by atoms with Gasteiger partial charge in [0.25, 0.3) is 10.0 Å². The largest absolute Gasteiger partial charge is 0.294 e. The fourth-order valence-corrected chi connectivity index (χ4v) is 3.17. The number of unbranched alkanes of at least 4 members (excludes halogenated alkanes) is 2. The Bertz CT molecular complexity index is 765. The van der Waals surface area contributed by atoms with E-state index in [9.17, 15) is 17.6 Å². The van der Waals surface area contributed by atoms with Crippen LogP contribution in [0.5, 0.6) is 0 Å². The number of hydrogen-bond acceptors (Lipinski definition) is 4. The fraction of sp³-hybridized carbons (Fsp3) is 0.333. The molecule has 25 heavy (non-hydrogen) atoms. The number of ketones is 1. The van der Waals surface area contributed by atoms with E-state index in [1.807, 2.05) is 0 Å². The number of Topliss-reactive ketones (excluding diaryl/α,β-unsaturated/α-hetero) is 1. The second kappa shape index (κ2) is 10.6. The third kappa shape index (κ3) is 6.62. The number of pyridine rings is 1. The van der Waals surface area contributed by atoms with E-state index in [4.69, 9.17) is 0 Å². The van der Waals surface area contributed by atoms with Gasteiger partial charge in [-0.1, -0.05) is 31.9 Å². The van der Waals surface area contributed by atoms with Gasteiger partial charge in [0.05, 0.1) is 7.18 Å². The maximum atomic E-state index is 12.3. The first-order valence-electron chi connectivity index (χ1n) is 7.97. The second-order valence-corrected chi connectivity index (χ2v) is 6.94. The Kier molecular flexibility index (Phi) is 8.77. The molecule has 0 aliphatic heterocycles. The number of rotatable bonds is 8. The van der Waals surface area contributed by atoms with Gasteiger partial charge >= 0.3 is 0 Å². The molecule has 2 rings (SSSR count). The van der Waals surface area contributed by atoms with E-state index in [0.717, 1.165) is 19.3 Å². The number of nitrogens with zero attached hydrogens (tertiary/aromatic N) is 1. The summed E-state index contributed by atoms with van der Waals surface area (Å²) in [6, 6.07) is 9.60. The van der Waals surface area contributed by atoms with Crippen molar-refractivity contribution in [3.8, 4) is 0 Å². The van der Waals surface area contributed by atoms with E-state index < -0.39 is 10.0 Å². The van der Waals surface area contributed by atoms with Gasteiger partial charge in [0.1, 0.15) is 4.90 Å². The van der Waals surface area contributed by atoms with Crippen LogP contribution in [0.3, 0.4) is 0 Å². The van der Waals surface area contributed by atoms with Crippen molar-refractivity contribution in [1.82, 2.24) is 4.98 Å². The molecular weight excluding hydrogens is 343 g/mol. The topological polar surface area (TPSA) is 76.1 Å². The Morgan fingerprint density at radius 2 is 1.92 bits per heavy atom. The molecule has 1 heterocycles. The van der Waals surface area contributed by atoms with Crippen LogP contribution in [-0.4, -0.2) is 26.4 Å². The van der Waals surface area contributed by atoms with Gasteiger partial charge in [-0.05, 0) is 30.7 Å². The van der Waals surface area contributed by atoms with Crippen LogP contribution in [0.4, 0.5) is 10.1 Å². The van der Waals surface area contributed by atoms with Crippen molar-refractivity contribution in [1.29, 1.82) is 0 Å². The van der Waals surface area contributed by atoms with E-state index in [-0.39, 0.29) is 10.7 Å². The van der Waals surface area contributed by atoms with E-state index in [1.54, 1.807) is 30.3 Å². The first-order valence-corrected chi connectivity index (χ1v) is 9.45. The van der Waals surface area contributed by atoms with Gasteiger partial charge in [-0.15, -0.1) is 0 Å². The molecule has 0 spiro atoms. The lowest BCUT2D eigenvalue weighted by Crippen LogP contribution is -2.13. The summed E-state index contributed by atoms with van der Waals surface area (Å²) >= 11 is 0. The molecule has 0 amide bonds. The lowest BCUT2D eigenvalue weighted by Gasteiger charge is -2.09. The van der Waals surface area contributed by atoms with Gasteiger partial charge in [0.15, 0.2) is 5.78 Å². The third-order valence-electron chi connectivity index (χ3n) is 3.39. The van der Waals surface area contributed by atoms with Crippen LogP contribution in [0.2, 0.25) is 0 Å². The number of alkyl halides is 1. The predicted octanol–water partition coefficient (Wildman–Crippen LogP) is 4.23. The van der Waals surface area contributed by atoms with Crippen LogP contribution in [0.15, 0.2) is 53.7 Å². The average Bonchev–Trinajstić information content (AvgIpc) is 2.64. The molecule has 0 aliphatic rings. The minimum Gasteiger partial charge on any atom is -0.294 e. The standard InChI is InChI=1S/C17H20N2O3S.CH3F/c1-2-3-4-10-17(20)14-7-5-8-15(12-14)19-23(21,22)16-9-6-11-18-13-16;1-2/h5-9,11-13,19H,2-4,10H2,1H3;1H3. The van der Waals surface area contributed by atoms with Crippen LogP contribution in [0.1, 0.15) is 43.0 Å². The Morgan fingerprint density at radius 3 is 2.56 bits per heavy atom. The number of hydrogen-bond donors (Lipinski definition) is 1. The normalized spacial score (nSPS) is 10.5. The summed E-state index contributed by atoms with van der Waals surface area (Å²) in [6.45, 7) is 2.08. The van der Waals surface area contributed by atoms with Crippen molar-refractivity contribution < 1.29 is 17.6 Å². The highest BCUT2D eigenvalue weighted by Crippen LogP contribution is 2.18. The number of nitrogens with one attached hydrogen (secondary N) is 1. The summed E-state index contributed by atoms with van der Waals surface area (Å²) in [5.74, 6) is 0.0286. The lowest BCUT2D eigenvalue weighted by molar-refractivity contribution is 0.0979. The molecule has 0 saturated carbocycles. The molecule has 1 aromatic heterocycles. The molecular formula is C18H23FN2O3S. The molecule has 7 heteroatoms. The summed E-state index contributed by atoms with van der Waals surface area (Å²) < 4.78 is 36.5. The Labute approximate surface area is 148 Å². The lowest BCUT2D eigenvalue weighted by atomic mass is 10.0. The molecule has 1 aromatic carbocycles. The smallest absolute Gasteiger partial charge is 0.263 e. The number of anilines is 1. The van der Waals surface area contributed by atoms with Gasteiger partial charge in [-0.3, -0.25) is 18.9 Å². The highest BCUT2D eigenvalue weighted by Gasteiger charge is 2.15. The second-order valence-electron chi connectivity index (χ2n) is 5.26. The first-order chi connectivity index (χ1) is 12.0. The third-order valence-corrected chi connectivity index (χ3v) is 4.76. The van der Waals surface area contributed by atoms with Crippen LogP contribution in [0, 0.1) is 0 Å². The molecule has 0 radical (unpaired) electrons. The van der Waals surface area contributed by atoms with E-state index >= 15 is 0 Å². The molecule has 5 nitrogen and oxygen atoms in total. The highest BCUT2D eigenvalue weighted by atomic mass is 32.2. The van der Waals surface area contributed by atoms with Gasteiger partial charge in [-0.25, -0.2) is 8.42 Å². The molecule has 0 fully saturated rings. The monoisotopic (exact) mass is 366 g/mol. The van der Waals surface area contributed by atoms with Crippen molar-refractivity contribution in [3.05, 3.63) is 54.4 Å². The maximum Gasteiger partial charge on any atom is 0.263 e. The Hall–Kier alpha value is -2.28. The fourth-order valence-electron chi connectivity index (χ4n) is 2.16. The molecule has 0 bridgehead atoms. The number of carbonyl (C=O) groups is 1. The van der Waals surface area contributed by atoms with Crippen molar-refractivity contribution in [2.24, 2.45) is 0 Å². The van der Waals surface area contributed by atoms with Crippen molar-refractivity contribution in [3.63, 3.8) is 0 Å². The van der Waals surface area contributed by atoms with Gasteiger partial charge in [-0.2, -0.15) is 0 Å². The molecule has 0 saturated heterocycles. The van der Waals surface area contributed by atoms with Crippen molar-refractivity contribution in [2.75, 3.05) is 11.9 Å². The molecule has 0 unspecified atom stereocenters. The summed E-state index contributed by atoms with van der Waals surface area (Å²) in [5, 5.41) is 0. The first kappa shape index (κ1) is 20.8. The summed E-state index contributed by atoms with van der Waals surface area (Å²) in [7, 11) is -3.20. The van der Waals surface area contributed by atoms with Crippen molar-refractivity contribution in [2.45, 2.75) is 37.5 Å². The molecule has 2 aromatic rings. The number of carbonyl (C=O) groups excluding carboxylic acids is 1. The number of halogens is 1. The number of benzene rings is 1. The molecule has 136 valence electrons. The SMILES string of the molecule is CCCCCC(=O)c1cccc(NS(=O)(=O)c2cccnc2)c1.CF. The summed E-state index contributed by atoms with van der Waals surface area (Å²) in [4.78, 5) is 16.0. The maximum absolute atomic E-state index is 12.3. The highest BCUT2D eigenvalue weighted by molar-refractivity contribution is 7.92. The van der Waals surface area contributed by atoms with Crippen LogP contribution in [-0.2, 0) is 10.0 Å². The zero-order valence-corrected chi connectivity index (χ0v) is 15.2. The van der Waals surface area contributed by atoms with Crippen LogP contribution in [0.25, 0.3) is 0 Å². The van der Waals surface area contributed by atoms with E-state index in [1.165, 1.54) is 18.5 Å². The van der Waals surface area contributed by atoms with E-state index in [2.05, 4.69) is 16.6 Å². The predicted molar refractivity (Wildman–Crippen MR) is 97.0 cm³/mol. The number of sulfonamides is 1. The Balaban J connectivity index is 0.00000151. The number of aromatic nitrogens is 1. The van der Waals surface area contributed by atoms with Gasteiger partial charge in [0, 0.05) is 30.1 Å². The quantitative estimate of drug-likeness (QED) is 0.560.